The summed E-state index contributed by atoms with van der Waals surface area (Å²) >= 11 is 1.32. The van der Waals surface area contributed by atoms with Crippen LogP contribution >= 0.6 is 11.3 Å². The van der Waals surface area contributed by atoms with E-state index in [2.05, 4.69) is 10.1 Å². The summed E-state index contributed by atoms with van der Waals surface area (Å²) in [4.78, 5) is 17.6. The Balaban J connectivity index is 1.79. The Morgan fingerprint density at radius 3 is 2.50 bits per heavy atom. The first kappa shape index (κ1) is 16.3. The summed E-state index contributed by atoms with van der Waals surface area (Å²) in [5, 5.41) is 4.36. The van der Waals surface area contributed by atoms with Gasteiger partial charge in [0, 0.05) is 5.56 Å². The second kappa shape index (κ2) is 6.61. The van der Waals surface area contributed by atoms with Crippen LogP contribution in [-0.4, -0.2) is 28.8 Å². The second-order valence-corrected chi connectivity index (χ2v) is 6.54. The average Bonchev–Trinajstić information content (AvgIpc) is 3.22. The van der Waals surface area contributed by atoms with E-state index in [1.807, 2.05) is 42.5 Å². The molecular formula is C19H15N3O3S. The standard InChI is InChI=1S/C19H15N3O3S/c1-24-14-9-8-13(11-15(14)25-2)17-20-19-22(21-17)18(23)16(26-19)10-12-6-4-3-5-7-12/h3-11H,1-2H3/b16-10-. The van der Waals surface area contributed by atoms with E-state index < -0.39 is 0 Å². The van der Waals surface area contributed by atoms with Crippen LogP contribution in [0, 0.1) is 0 Å². The first-order chi connectivity index (χ1) is 12.7. The molecule has 0 atom stereocenters. The van der Waals surface area contributed by atoms with Crippen LogP contribution in [0.15, 0.2) is 53.3 Å². The van der Waals surface area contributed by atoms with Crippen molar-refractivity contribution in [2.45, 2.75) is 0 Å². The maximum Gasteiger partial charge on any atom is 0.291 e. The van der Waals surface area contributed by atoms with Crippen molar-refractivity contribution in [2.24, 2.45) is 0 Å². The van der Waals surface area contributed by atoms with Crippen molar-refractivity contribution < 1.29 is 9.47 Å². The molecule has 0 bridgehead atoms. The molecule has 4 rings (SSSR count). The van der Waals surface area contributed by atoms with Gasteiger partial charge in [-0.15, -0.1) is 5.10 Å². The summed E-state index contributed by atoms with van der Waals surface area (Å²) in [6.45, 7) is 0. The first-order valence-corrected chi connectivity index (χ1v) is 8.70. The van der Waals surface area contributed by atoms with E-state index in [9.17, 15) is 4.79 Å². The number of hydrogen-bond acceptors (Lipinski definition) is 6. The van der Waals surface area contributed by atoms with Gasteiger partial charge in [0.1, 0.15) is 0 Å². The topological polar surface area (TPSA) is 65.7 Å². The number of aromatic nitrogens is 3. The van der Waals surface area contributed by atoms with Crippen LogP contribution in [0.3, 0.4) is 0 Å². The van der Waals surface area contributed by atoms with Gasteiger partial charge in [0.05, 0.1) is 18.8 Å². The van der Waals surface area contributed by atoms with E-state index in [1.54, 1.807) is 26.4 Å². The van der Waals surface area contributed by atoms with Crippen molar-refractivity contribution in [2.75, 3.05) is 14.2 Å². The fourth-order valence-corrected chi connectivity index (χ4v) is 3.54. The highest BCUT2D eigenvalue weighted by Gasteiger charge is 2.14. The van der Waals surface area contributed by atoms with Crippen molar-refractivity contribution in [1.29, 1.82) is 0 Å². The highest BCUT2D eigenvalue weighted by atomic mass is 32.1. The van der Waals surface area contributed by atoms with E-state index >= 15 is 0 Å². The molecule has 0 spiro atoms. The van der Waals surface area contributed by atoms with E-state index in [-0.39, 0.29) is 5.56 Å². The molecule has 26 heavy (non-hydrogen) atoms. The van der Waals surface area contributed by atoms with Crippen molar-refractivity contribution >= 4 is 22.4 Å². The summed E-state index contributed by atoms with van der Waals surface area (Å²) in [5.74, 6) is 1.69. The molecule has 0 radical (unpaired) electrons. The third kappa shape index (κ3) is 2.82. The van der Waals surface area contributed by atoms with Crippen LogP contribution < -0.4 is 19.6 Å². The van der Waals surface area contributed by atoms with Crippen molar-refractivity contribution in [3.05, 3.63) is 69.0 Å². The average molecular weight is 365 g/mol. The summed E-state index contributed by atoms with van der Waals surface area (Å²) < 4.78 is 12.5. The Labute approximate surface area is 153 Å². The lowest BCUT2D eigenvalue weighted by atomic mass is 10.2. The zero-order valence-electron chi connectivity index (χ0n) is 14.2. The Hall–Kier alpha value is -3.19. The maximum absolute atomic E-state index is 12.6. The zero-order chi connectivity index (χ0) is 18.1. The predicted molar refractivity (Wildman–Crippen MR) is 101 cm³/mol. The van der Waals surface area contributed by atoms with E-state index in [0.717, 1.165) is 11.1 Å². The lowest BCUT2D eigenvalue weighted by molar-refractivity contribution is 0.355. The largest absolute Gasteiger partial charge is 0.493 e. The molecule has 0 aliphatic heterocycles. The molecule has 130 valence electrons. The van der Waals surface area contributed by atoms with Crippen LogP contribution in [-0.2, 0) is 0 Å². The Morgan fingerprint density at radius 2 is 1.81 bits per heavy atom. The molecule has 6 nitrogen and oxygen atoms in total. The van der Waals surface area contributed by atoms with Crippen molar-refractivity contribution in [1.82, 2.24) is 14.6 Å². The minimum absolute atomic E-state index is 0.173. The number of nitrogens with zero attached hydrogens (tertiary/aromatic N) is 3. The highest BCUT2D eigenvalue weighted by Crippen LogP contribution is 2.31. The normalized spacial score (nSPS) is 11.8. The Bertz CT molecular complexity index is 1180. The summed E-state index contributed by atoms with van der Waals surface area (Å²) in [6.07, 6.45) is 1.85. The summed E-state index contributed by atoms with van der Waals surface area (Å²) in [7, 11) is 3.15. The number of rotatable bonds is 4. The van der Waals surface area contributed by atoms with Crippen LogP contribution in [0.5, 0.6) is 11.5 Å². The van der Waals surface area contributed by atoms with Gasteiger partial charge in [-0.25, -0.2) is 0 Å². The Morgan fingerprint density at radius 1 is 1.04 bits per heavy atom. The number of methoxy groups -OCH3 is 2. The number of benzene rings is 2. The lowest BCUT2D eigenvalue weighted by Gasteiger charge is -2.07. The van der Waals surface area contributed by atoms with Gasteiger partial charge in [0.25, 0.3) is 5.56 Å². The van der Waals surface area contributed by atoms with E-state index in [1.165, 1.54) is 15.9 Å². The molecule has 0 fully saturated rings. The van der Waals surface area contributed by atoms with Crippen molar-refractivity contribution in [3.63, 3.8) is 0 Å². The van der Waals surface area contributed by atoms with Crippen LogP contribution in [0.1, 0.15) is 5.56 Å². The van der Waals surface area contributed by atoms with Gasteiger partial charge in [-0.2, -0.15) is 9.50 Å². The Kier molecular flexibility index (Phi) is 4.14. The monoisotopic (exact) mass is 365 g/mol. The third-order valence-electron chi connectivity index (χ3n) is 3.92. The molecule has 0 unspecified atom stereocenters. The van der Waals surface area contributed by atoms with Gasteiger partial charge in [-0.05, 0) is 29.8 Å². The van der Waals surface area contributed by atoms with Crippen LogP contribution in [0.4, 0.5) is 0 Å². The van der Waals surface area contributed by atoms with E-state index in [4.69, 9.17) is 9.47 Å². The predicted octanol–water partition coefficient (Wildman–Crippen LogP) is 2.38. The molecule has 0 N–H and O–H groups in total. The van der Waals surface area contributed by atoms with Gasteiger partial charge in [0.15, 0.2) is 17.3 Å². The lowest BCUT2D eigenvalue weighted by Crippen LogP contribution is -2.23. The van der Waals surface area contributed by atoms with Crippen LogP contribution in [0.25, 0.3) is 22.4 Å². The zero-order valence-corrected chi connectivity index (χ0v) is 15.0. The molecule has 0 amide bonds. The molecule has 2 heterocycles. The summed E-state index contributed by atoms with van der Waals surface area (Å²) in [6, 6.07) is 15.1. The minimum atomic E-state index is -0.173. The first-order valence-electron chi connectivity index (χ1n) is 7.88. The van der Waals surface area contributed by atoms with Gasteiger partial charge in [-0.3, -0.25) is 4.79 Å². The molecule has 4 aromatic rings. The van der Waals surface area contributed by atoms with Gasteiger partial charge in [0.2, 0.25) is 4.96 Å². The van der Waals surface area contributed by atoms with Gasteiger partial charge in [-0.1, -0.05) is 41.7 Å². The van der Waals surface area contributed by atoms with E-state index in [0.29, 0.717) is 26.8 Å². The number of hydrogen-bond donors (Lipinski definition) is 0. The molecule has 0 saturated heterocycles. The minimum Gasteiger partial charge on any atom is -0.493 e. The fourth-order valence-electron chi connectivity index (χ4n) is 2.63. The molecule has 7 heteroatoms. The molecule has 0 aliphatic carbocycles. The van der Waals surface area contributed by atoms with Gasteiger partial charge < -0.3 is 9.47 Å². The molecule has 2 aromatic heterocycles. The number of fused-ring (bicyclic) bond motifs is 1. The third-order valence-corrected chi connectivity index (χ3v) is 4.88. The smallest absolute Gasteiger partial charge is 0.291 e. The molecule has 0 saturated carbocycles. The fraction of sp³-hybridized carbons (Fsp3) is 0.105. The highest BCUT2D eigenvalue weighted by molar-refractivity contribution is 7.15. The van der Waals surface area contributed by atoms with Crippen molar-refractivity contribution in [3.8, 4) is 22.9 Å². The molecular weight excluding hydrogens is 350 g/mol. The summed E-state index contributed by atoms with van der Waals surface area (Å²) in [5.41, 5.74) is 1.55. The number of thiazole rings is 1. The van der Waals surface area contributed by atoms with Crippen LogP contribution in [0.2, 0.25) is 0 Å². The SMILES string of the molecule is COc1ccc(-c2nc3s/c(=C\c4ccccc4)c(=O)n3n2)cc1OC. The second-order valence-electron chi connectivity index (χ2n) is 5.53. The quantitative estimate of drug-likeness (QED) is 0.556. The molecule has 2 aromatic carbocycles. The number of ether oxygens (including phenoxy) is 2. The van der Waals surface area contributed by atoms with Gasteiger partial charge >= 0.3 is 0 Å². The molecule has 0 aliphatic rings. The maximum atomic E-state index is 12.6.